The van der Waals surface area contributed by atoms with Crippen LogP contribution < -0.4 is 19.7 Å². The zero-order chi connectivity index (χ0) is 31.7. The number of nitrogens with zero attached hydrogens (tertiary/aromatic N) is 2. The van der Waals surface area contributed by atoms with Crippen LogP contribution in [0, 0.1) is 5.92 Å². The zero-order valence-corrected chi connectivity index (χ0v) is 26.4. The molecule has 45 heavy (non-hydrogen) atoms. The molecule has 234 valence electrons. The lowest BCUT2D eigenvalue weighted by Gasteiger charge is -2.31. The summed E-state index contributed by atoms with van der Waals surface area (Å²) in [7, 11) is 1.67. The van der Waals surface area contributed by atoms with Gasteiger partial charge in [0.25, 0.3) is 0 Å². The number of carbonyl (C=O) groups is 1. The summed E-state index contributed by atoms with van der Waals surface area (Å²) in [6.45, 7) is 15.1. The summed E-state index contributed by atoms with van der Waals surface area (Å²) < 4.78 is 11.6. The maximum atomic E-state index is 11.5. The first kappa shape index (κ1) is 30.3. The van der Waals surface area contributed by atoms with E-state index >= 15 is 0 Å². The summed E-state index contributed by atoms with van der Waals surface area (Å²) in [5.41, 5.74) is 7.36. The van der Waals surface area contributed by atoms with E-state index in [2.05, 4.69) is 52.6 Å². The number of allylic oxidation sites excluding steroid dienone is 1. The van der Waals surface area contributed by atoms with Gasteiger partial charge >= 0.3 is 5.97 Å². The highest BCUT2D eigenvalue weighted by molar-refractivity contribution is 5.92. The van der Waals surface area contributed by atoms with E-state index in [0.717, 1.165) is 40.6 Å². The number of aromatic nitrogens is 2. The van der Waals surface area contributed by atoms with Gasteiger partial charge in [-0.25, -0.2) is 9.78 Å². The monoisotopic (exact) mass is 606 g/mol. The normalized spacial score (nSPS) is 15.6. The SMILES string of the molecule is C=C(NC(C)(C)c1nc2ccc(C(=O)O)cc2[nH]1)c1ccc(C(=C)C2CCCCC2)c(N2CCOc3cc(OC)ccc3C2)c1. The molecule has 3 N–H and O–H groups in total. The number of aromatic amines is 1. The summed E-state index contributed by atoms with van der Waals surface area (Å²) >= 11 is 0. The molecular formula is C37H42N4O4. The van der Waals surface area contributed by atoms with E-state index in [1.807, 2.05) is 26.0 Å². The van der Waals surface area contributed by atoms with Crippen LogP contribution in [-0.2, 0) is 12.1 Å². The molecule has 4 aromatic rings. The first-order chi connectivity index (χ1) is 21.6. The fourth-order valence-corrected chi connectivity index (χ4v) is 6.55. The van der Waals surface area contributed by atoms with Gasteiger partial charge in [-0.05, 0) is 80.1 Å². The smallest absolute Gasteiger partial charge is 0.335 e. The molecule has 0 spiro atoms. The van der Waals surface area contributed by atoms with Crippen LogP contribution in [0.15, 0.2) is 67.8 Å². The Labute approximate surface area is 264 Å². The van der Waals surface area contributed by atoms with Gasteiger partial charge in [0.2, 0.25) is 0 Å². The van der Waals surface area contributed by atoms with Crippen molar-refractivity contribution in [3.63, 3.8) is 0 Å². The second-order valence-corrected chi connectivity index (χ2v) is 12.7. The van der Waals surface area contributed by atoms with E-state index in [4.69, 9.17) is 14.5 Å². The van der Waals surface area contributed by atoms with Gasteiger partial charge in [-0.3, -0.25) is 0 Å². The number of H-pyrrole nitrogens is 1. The highest BCUT2D eigenvalue weighted by Crippen LogP contribution is 2.40. The summed E-state index contributed by atoms with van der Waals surface area (Å²) in [6.07, 6.45) is 6.16. The molecule has 6 rings (SSSR count). The standard InChI is InChI=1S/C37H42N4O4/c1-23(25-9-7-6-8-10-25)30-15-12-26(20-33(30)41-17-18-45-34-21-29(44-5)14-11-28(34)22-41)24(2)40-37(3,4)36-38-31-16-13-27(35(42)43)19-32(31)39-36/h11-16,19-21,25,40H,1-2,6-10,17-18,22H2,3-5H3,(H,38,39)(H,42,43). The van der Waals surface area contributed by atoms with E-state index in [0.29, 0.717) is 35.9 Å². The molecule has 0 atom stereocenters. The Morgan fingerprint density at radius 1 is 1.07 bits per heavy atom. The Hall–Kier alpha value is -4.72. The Balaban J connectivity index is 1.32. The first-order valence-electron chi connectivity index (χ1n) is 15.7. The average Bonchev–Trinajstić information content (AvgIpc) is 3.38. The molecule has 0 bridgehead atoms. The van der Waals surface area contributed by atoms with Gasteiger partial charge in [-0.1, -0.05) is 44.6 Å². The Kier molecular flexibility index (Phi) is 8.32. The molecule has 2 heterocycles. The number of imidazole rings is 1. The van der Waals surface area contributed by atoms with Gasteiger partial charge in [-0.15, -0.1) is 0 Å². The van der Waals surface area contributed by atoms with Crippen molar-refractivity contribution < 1.29 is 19.4 Å². The van der Waals surface area contributed by atoms with E-state index in [1.54, 1.807) is 25.3 Å². The van der Waals surface area contributed by atoms with Crippen LogP contribution in [0.1, 0.15) is 78.8 Å². The number of fused-ring (bicyclic) bond motifs is 2. The molecule has 3 aromatic carbocycles. The minimum atomic E-state index is -0.969. The van der Waals surface area contributed by atoms with Crippen molar-refractivity contribution in [2.45, 2.75) is 58.0 Å². The molecule has 8 heteroatoms. The molecule has 0 saturated heterocycles. The second-order valence-electron chi connectivity index (χ2n) is 12.7. The molecule has 1 fully saturated rings. The molecule has 1 aromatic heterocycles. The number of carboxylic acids is 1. The van der Waals surface area contributed by atoms with Crippen LogP contribution >= 0.6 is 0 Å². The third-order valence-corrected chi connectivity index (χ3v) is 9.17. The number of methoxy groups -OCH3 is 1. The van der Waals surface area contributed by atoms with E-state index in [9.17, 15) is 9.90 Å². The maximum Gasteiger partial charge on any atom is 0.335 e. The summed E-state index contributed by atoms with van der Waals surface area (Å²) in [4.78, 5) is 21.9. The number of benzene rings is 3. The lowest BCUT2D eigenvalue weighted by atomic mass is 9.81. The lowest BCUT2D eigenvalue weighted by molar-refractivity contribution is 0.0697. The Bertz CT molecular complexity index is 1770. The molecule has 1 saturated carbocycles. The number of carboxylic acid groups (broad SMARTS) is 1. The van der Waals surface area contributed by atoms with Crippen molar-refractivity contribution in [2.24, 2.45) is 5.92 Å². The zero-order valence-electron chi connectivity index (χ0n) is 26.4. The van der Waals surface area contributed by atoms with Crippen molar-refractivity contribution in [2.75, 3.05) is 25.2 Å². The lowest BCUT2D eigenvalue weighted by Crippen LogP contribution is -2.36. The topological polar surface area (TPSA) is 99.7 Å². The van der Waals surface area contributed by atoms with E-state index in [-0.39, 0.29) is 5.56 Å². The van der Waals surface area contributed by atoms with E-state index in [1.165, 1.54) is 43.2 Å². The fourth-order valence-electron chi connectivity index (χ4n) is 6.55. The molecule has 0 amide bonds. The van der Waals surface area contributed by atoms with Gasteiger partial charge in [0, 0.05) is 35.1 Å². The highest BCUT2D eigenvalue weighted by Gasteiger charge is 2.28. The molecule has 1 aliphatic heterocycles. The number of anilines is 1. The third-order valence-electron chi connectivity index (χ3n) is 9.17. The van der Waals surface area contributed by atoms with Crippen LogP contribution in [0.5, 0.6) is 11.5 Å². The number of hydrogen-bond acceptors (Lipinski definition) is 6. The van der Waals surface area contributed by atoms with Crippen LogP contribution in [0.25, 0.3) is 22.3 Å². The summed E-state index contributed by atoms with van der Waals surface area (Å²) in [5.74, 6) is 1.85. The Morgan fingerprint density at radius 3 is 2.60 bits per heavy atom. The quantitative estimate of drug-likeness (QED) is 0.179. The number of aromatic carboxylic acids is 1. The van der Waals surface area contributed by atoms with Gasteiger partial charge in [0.15, 0.2) is 0 Å². The molecule has 0 radical (unpaired) electrons. The van der Waals surface area contributed by atoms with E-state index < -0.39 is 11.5 Å². The van der Waals surface area contributed by atoms with Gasteiger partial charge in [0.1, 0.15) is 23.9 Å². The van der Waals surface area contributed by atoms with Crippen LogP contribution in [0.3, 0.4) is 0 Å². The molecule has 1 aliphatic carbocycles. The molecule has 8 nitrogen and oxygen atoms in total. The van der Waals surface area contributed by atoms with Crippen molar-refractivity contribution in [3.8, 4) is 11.5 Å². The minimum Gasteiger partial charge on any atom is -0.497 e. The van der Waals surface area contributed by atoms with Crippen molar-refractivity contribution in [1.82, 2.24) is 15.3 Å². The Morgan fingerprint density at radius 2 is 1.84 bits per heavy atom. The number of nitrogens with one attached hydrogen (secondary N) is 2. The van der Waals surface area contributed by atoms with Crippen molar-refractivity contribution in [1.29, 1.82) is 0 Å². The van der Waals surface area contributed by atoms with Gasteiger partial charge in [0.05, 0.1) is 35.8 Å². The third kappa shape index (κ3) is 6.27. The molecule has 0 unspecified atom stereocenters. The van der Waals surface area contributed by atoms with Crippen LogP contribution in [0.4, 0.5) is 5.69 Å². The molecule has 2 aliphatic rings. The summed E-state index contributed by atoms with van der Waals surface area (Å²) in [5, 5.41) is 13.0. The predicted molar refractivity (Wildman–Crippen MR) is 180 cm³/mol. The molecular weight excluding hydrogens is 564 g/mol. The average molecular weight is 607 g/mol. The maximum absolute atomic E-state index is 11.5. The van der Waals surface area contributed by atoms with Gasteiger partial charge < -0.3 is 29.8 Å². The predicted octanol–water partition coefficient (Wildman–Crippen LogP) is 7.76. The van der Waals surface area contributed by atoms with Crippen LogP contribution in [0.2, 0.25) is 0 Å². The van der Waals surface area contributed by atoms with Crippen molar-refractivity contribution >= 4 is 34.0 Å². The fraction of sp³-hybridized carbons (Fsp3) is 0.351. The highest BCUT2D eigenvalue weighted by atomic mass is 16.5. The number of rotatable bonds is 9. The largest absolute Gasteiger partial charge is 0.497 e. The first-order valence-corrected chi connectivity index (χ1v) is 15.7. The minimum absolute atomic E-state index is 0.219. The number of hydrogen-bond donors (Lipinski definition) is 3. The van der Waals surface area contributed by atoms with Crippen LogP contribution in [-0.4, -0.2) is 41.3 Å². The summed E-state index contributed by atoms with van der Waals surface area (Å²) in [6, 6.07) is 17.5. The van der Waals surface area contributed by atoms with Gasteiger partial charge in [-0.2, -0.15) is 0 Å². The van der Waals surface area contributed by atoms with Crippen molar-refractivity contribution in [3.05, 3.63) is 95.8 Å². The second kappa shape index (κ2) is 12.3. The number of ether oxygens (including phenoxy) is 2.